The lowest BCUT2D eigenvalue weighted by molar-refractivity contribution is -0.254. The molecular formula is C22H12Br2F3N3O3S. The van der Waals surface area contributed by atoms with Crippen LogP contribution in [0.3, 0.4) is 0 Å². The molecule has 1 aliphatic rings. The van der Waals surface area contributed by atoms with Crippen molar-refractivity contribution in [1.82, 2.24) is 4.98 Å². The van der Waals surface area contributed by atoms with Crippen LogP contribution in [0.4, 0.5) is 18.3 Å². The van der Waals surface area contributed by atoms with Gasteiger partial charge in [-0.25, -0.2) is 9.78 Å². The summed E-state index contributed by atoms with van der Waals surface area (Å²) in [6.45, 7) is 0. The largest absolute Gasteiger partial charge is 0.438 e. The standard InChI is InChI=1S/C22H12Br2F3N3O3S/c23-13-3-1-11(2-4-13)16-9-21(32,22(25,26)27)30(29-16)20-28-17(10-34-20)15-8-12-7-14(24)5-6-18(12)33-19(15)31/h1-8,10,32H,9H2/t21-/m1/s1. The van der Waals surface area contributed by atoms with Crippen molar-refractivity contribution in [2.75, 3.05) is 5.01 Å². The lowest BCUT2D eigenvalue weighted by Gasteiger charge is -2.32. The molecule has 6 nitrogen and oxygen atoms in total. The van der Waals surface area contributed by atoms with Gasteiger partial charge in [-0.15, -0.1) is 11.3 Å². The molecule has 174 valence electrons. The van der Waals surface area contributed by atoms with E-state index in [2.05, 4.69) is 41.9 Å². The first-order chi connectivity index (χ1) is 16.0. The third-order valence-electron chi connectivity index (χ3n) is 5.26. The summed E-state index contributed by atoms with van der Waals surface area (Å²) in [7, 11) is 0. The van der Waals surface area contributed by atoms with Crippen molar-refractivity contribution in [3.63, 3.8) is 0 Å². The van der Waals surface area contributed by atoms with Crippen LogP contribution < -0.4 is 10.6 Å². The fraction of sp³-hybridized carbons (Fsp3) is 0.136. The molecule has 5 rings (SSSR count). The second-order valence-electron chi connectivity index (χ2n) is 7.50. The van der Waals surface area contributed by atoms with Crippen LogP contribution in [0.5, 0.6) is 0 Å². The Morgan fingerprint density at radius 2 is 1.79 bits per heavy atom. The molecule has 3 heterocycles. The number of rotatable bonds is 3. The molecule has 0 radical (unpaired) electrons. The zero-order valence-corrected chi connectivity index (χ0v) is 20.8. The third kappa shape index (κ3) is 3.98. The maximum absolute atomic E-state index is 14.0. The molecule has 1 N–H and O–H groups in total. The zero-order chi connectivity index (χ0) is 24.3. The topological polar surface area (TPSA) is 78.9 Å². The van der Waals surface area contributed by atoms with Gasteiger partial charge in [0, 0.05) is 19.7 Å². The van der Waals surface area contributed by atoms with Crippen molar-refractivity contribution in [3.8, 4) is 11.3 Å². The van der Waals surface area contributed by atoms with Gasteiger partial charge < -0.3 is 9.52 Å². The summed E-state index contributed by atoms with van der Waals surface area (Å²) >= 11 is 7.46. The number of aliphatic hydroxyl groups is 1. The Labute approximate surface area is 210 Å². The first-order valence-corrected chi connectivity index (χ1v) is 12.1. The van der Waals surface area contributed by atoms with Gasteiger partial charge >= 0.3 is 11.8 Å². The molecule has 34 heavy (non-hydrogen) atoms. The first kappa shape index (κ1) is 23.2. The van der Waals surface area contributed by atoms with E-state index in [9.17, 15) is 23.1 Å². The van der Waals surface area contributed by atoms with Gasteiger partial charge in [-0.1, -0.05) is 44.0 Å². The number of hydrogen-bond donors (Lipinski definition) is 1. The van der Waals surface area contributed by atoms with Crippen molar-refractivity contribution in [1.29, 1.82) is 0 Å². The Kier molecular flexibility index (Phi) is 5.66. The average molecular weight is 615 g/mol. The van der Waals surface area contributed by atoms with E-state index in [4.69, 9.17) is 4.42 Å². The number of benzene rings is 2. The summed E-state index contributed by atoms with van der Waals surface area (Å²) in [4.78, 5) is 16.7. The van der Waals surface area contributed by atoms with Crippen LogP contribution in [-0.2, 0) is 0 Å². The first-order valence-electron chi connectivity index (χ1n) is 9.67. The quantitative estimate of drug-likeness (QED) is 0.274. The number of anilines is 1. The highest BCUT2D eigenvalue weighted by atomic mass is 79.9. The van der Waals surface area contributed by atoms with E-state index in [0.29, 0.717) is 21.5 Å². The van der Waals surface area contributed by atoms with Crippen LogP contribution in [0.25, 0.3) is 22.2 Å². The predicted molar refractivity (Wildman–Crippen MR) is 130 cm³/mol. The van der Waals surface area contributed by atoms with Gasteiger partial charge in [0.2, 0.25) is 5.13 Å². The highest BCUT2D eigenvalue weighted by Gasteiger charge is 2.62. The number of hydrogen-bond acceptors (Lipinski definition) is 7. The Hall–Kier alpha value is -2.54. The summed E-state index contributed by atoms with van der Waals surface area (Å²) in [5, 5.41) is 17.1. The molecule has 4 aromatic rings. The van der Waals surface area contributed by atoms with Gasteiger partial charge in [-0.2, -0.15) is 23.3 Å². The highest BCUT2D eigenvalue weighted by molar-refractivity contribution is 9.10. The SMILES string of the molecule is O=c1oc2ccc(Br)cc2cc1-c1csc(N2N=C(c3ccc(Br)cc3)C[C@@]2(O)C(F)(F)F)n1. The van der Waals surface area contributed by atoms with Crippen LogP contribution in [0.15, 0.2) is 77.2 Å². The number of hydrazone groups is 1. The normalized spacial score (nSPS) is 18.5. The number of fused-ring (bicyclic) bond motifs is 1. The molecule has 0 spiro atoms. The minimum absolute atomic E-state index is 0.0548. The number of alkyl halides is 3. The number of aromatic nitrogens is 1. The van der Waals surface area contributed by atoms with Crippen molar-refractivity contribution < 1.29 is 22.7 Å². The van der Waals surface area contributed by atoms with E-state index < -0.39 is 23.9 Å². The maximum Gasteiger partial charge on any atom is 0.438 e. The van der Waals surface area contributed by atoms with Crippen molar-refractivity contribution in [2.45, 2.75) is 18.3 Å². The molecule has 0 bridgehead atoms. The Balaban J connectivity index is 1.58. The van der Waals surface area contributed by atoms with Crippen molar-refractivity contribution in [3.05, 3.63) is 78.8 Å². The molecule has 0 saturated carbocycles. The molecule has 0 fully saturated rings. The van der Waals surface area contributed by atoms with Gasteiger partial charge in [-0.05, 0) is 42.0 Å². The molecule has 2 aromatic heterocycles. The summed E-state index contributed by atoms with van der Waals surface area (Å²) in [6, 6.07) is 13.2. The highest BCUT2D eigenvalue weighted by Crippen LogP contribution is 2.45. The van der Waals surface area contributed by atoms with Crippen LogP contribution in [0.1, 0.15) is 12.0 Å². The van der Waals surface area contributed by atoms with Gasteiger partial charge in [0.1, 0.15) is 5.58 Å². The van der Waals surface area contributed by atoms with E-state index in [-0.39, 0.29) is 22.1 Å². The smallest absolute Gasteiger partial charge is 0.422 e. The second-order valence-corrected chi connectivity index (χ2v) is 10.2. The van der Waals surface area contributed by atoms with Gasteiger partial charge in [-0.3, -0.25) is 0 Å². The van der Waals surface area contributed by atoms with Gasteiger partial charge in [0.25, 0.3) is 5.72 Å². The lowest BCUT2D eigenvalue weighted by Crippen LogP contribution is -2.55. The van der Waals surface area contributed by atoms with Crippen LogP contribution in [0.2, 0.25) is 0 Å². The van der Waals surface area contributed by atoms with E-state index in [1.54, 1.807) is 48.5 Å². The summed E-state index contributed by atoms with van der Waals surface area (Å²) in [6.07, 6.45) is -5.80. The maximum atomic E-state index is 14.0. The summed E-state index contributed by atoms with van der Waals surface area (Å²) < 4.78 is 48.8. The van der Waals surface area contributed by atoms with E-state index >= 15 is 0 Å². The number of halogens is 5. The van der Waals surface area contributed by atoms with Crippen LogP contribution in [0, 0.1) is 0 Å². The van der Waals surface area contributed by atoms with Gasteiger partial charge in [0.15, 0.2) is 0 Å². The fourth-order valence-corrected chi connectivity index (χ4v) is 5.01. The van der Waals surface area contributed by atoms with Crippen molar-refractivity contribution in [2.24, 2.45) is 5.10 Å². The van der Waals surface area contributed by atoms with E-state index in [0.717, 1.165) is 20.3 Å². The summed E-state index contributed by atoms with van der Waals surface area (Å²) in [5.74, 6) is 0. The fourth-order valence-electron chi connectivity index (χ4n) is 3.53. The lowest BCUT2D eigenvalue weighted by atomic mass is 10.0. The molecule has 0 amide bonds. The van der Waals surface area contributed by atoms with E-state index in [1.807, 2.05) is 0 Å². The second kappa shape index (κ2) is 8.29. The summed E-state index contributed by atoms with van der Waals surface area (Å²) in [5.41, 5.74) is -2.92. The van der Waals surface area contributed by atoms with Crippen LogP contribution >= 0.6 is 43.2 Å². The van der Waals surface area contributed by atoms with Crippen LogP contribution in [-0.4, -0.2) is 27.7 Å². The molecule has 2 aromatic carbocycles. The molecule has 1 aliphatic heterocycles. The monoisotopic (exact) mass is 613 g/mol. The molecule has 12 heteroatoms. The van der Waals surface area contributed by atoms with Gasteiger partial charge in [0.05, 0.1) is 23.4 Å². The molecular weight excluding hydrogens is 603 g/mol. The zero-order valence-electron chi connectivity index (χ0n) is 16.8. The molecule has 0 saturated heterocycles. The average Bonchev–Trinajstić information content (AvgIpc) is 3.39. The molecule has 0 unspecified atom stereocenters. The Morgan fingerprint density at radius 3 is 2.50 bits per heavy atom. The molecule has 0 aliphatic carbocycles. The number of thiazole rings is 1. The predicted octanol–water partition coefficient (Wildman–Crippen LogP) is 6.31. The molecule has 1 atom stereocenters. The van der Waals surface area contributed by atoms with Crippen molar-refractivity contribution >= 4 is 65.0 Å². The Morgan fingerprint density at radius 1 is 1.09 bits per heavy atom. The third-order valence-corrected chi connectivity index (χ3v) is 7.10. The van der Waals surface area contributed by atoms with E-state index in [1.165, 1.54) is 5.38 Å². The minimum atomic E-state index is -5.02. The minimum Gasteiger partial charge on any atom is -0.422 e. The Bertz CT molecular complexity index is 1500. The number of nitrogens with zero attached hydrogens (tertiary/aromatic N) is 3.